The second-order valence-electron chi connectivity index (χ2n) is 6.69. The maximum atomic E-state index is 3.69. The fraction of sp³-hybridized carbons (Fsp3) is 0.684. The SMILES string of the molecule is CCc1ccc(C(C)NCCC2CCC(C)CC2)cc1. The van der Waals surface area contributed by atoms with Crippen LogP contribution in [0.4, 0.5) is 0 Å². The van der Waals surface area contributed by atoms with Crippen molar-refractivity contribution in [2.75, 3.05) is 6.54 Å². The second-order valence-corrected chi connectivity index (χ2v) is 6.69. The Morgan fingerprint density at radius 2 is 1.75 bits per heavy atom. The molecular weight excluding hydrogens is 242 g/mol. The number of hydrogen-bond donors (Lipinski definition) is 1. The number of rotatable bonds is 6. The molecule has 1 aromatic carbocycles. The van der Waals surface area contributed by atoms with Crippen molar-refractivity contribution in [1.82, 2.24) is 5.32 Å². The summed E-state index contributed by atoms with van der Waals surface area (Å²) in [6.07, 6.45) is 8.26. The van der Waals surface area contributed by atoms with Gasteiger partial charge in [0.2, 0.25) is 0 Å². The summed E-state index contributed by atoms with van der Waals surface area (Å²) in [5.41, 5.74) is 2.84. The minimum atomic E-state index is 0.475. The van der Waals surface area contributed by atoms with Gasteiger partial charge in [-0.05, 0) is 49.3 Å². The molecule has 1 unspecified atom stereocenters. The molecular formula is C19H31N. The van der Waals surface area contributed by atoms with Gasteiger partial charge in [-0.25, -0.2) is 0 Å². The van der Waals surface area contributed by atoms with Crippen LogP contribution in [-0.4, -0.2) is 6.54 Å². The van der Waals surface area contributed by atoms with Gasteiger partial charge in [0.05, 0.1) is 0 Å². The smallest absolute Gasteiger partial charge is 0.0291 e. The first-order valence-electron chi connectivity index (χ1n) is 8.51. The average Bonchev–Trinajstić information content (AvgIpc) is 2.49. The van der Waals surface area contributed by atoms with Crippen molar-refractivity contribution in [2.45, 2.75) is 65.3 Å². The maximum Gasteiger partial charge on any atom is 0.0291 e. The lowest BCUT2D eigenvalue weighted by Gasteiger charge is -2.26. The molecule has 112 valence electrons. The molecule has 0 saturated heterocycles. The van der Waals surface area contributed by atoms with Crippen LogP contribution in [0, 0.1) is 11.8 Å². The zero-order valence-corrected chi connectivity index (χ0v) is 13.5. The number of aryl methyl sites for hydroxylation is 1. The van der Waals surface area contributed by atoms with Crippen LogP contribution in [0.15, 0.2) is 24.3 Å². The van der Waals surface area contributed by atoms with Crippen molar-refractivity contribution in [2.24, 2.45) is 11.8 Å². The van der Waals surface area contributed by atoms with Gasteiger partial charge in [0.25, 0.3) is 0 Å². The van der Waals surface area contributed by atoms with E-state index in [1.54, 1.807) is 0 Å². The van der Waals surface area contributed by atoms with Gasteiger partial charge >= 0.3 is 0 Å². The molecule has 1 saturated carbocycles. The van der Waals surface area contributed by atoms with Gasteiger partial charge < -0.3 is 5.32 Å². The zero-order chi connectivity index (χ0) is 14.4. The molecule has 1 heteroatoms. The van der Waals surface area contributed by atoms with Gasteiger partial charge in [-0.3, -0.25) is 0 Å². The molecule has 20 heavy (non-hydrogen) atoms. The molecule has 0 bridgehead atoms. The summed E-state index contributed by atoms with van der Waals surface area (Å²) < 4.78 is 0. The fourth-order valence-electron chi connectivity index (χ4n) is 3.28. The predicted molar refractivity (Wildman–Crippen MR) is 88.0 cm³/mol. The Morgan fingerprint density at radius 1 is 1.10 bits per heavy atom. The lowest BCUT2D eigenvalue weighted by atomic mass is 9.81. The summed E-state index contributed by atoms with van der Waals surface area (Å²) in [7, 11) is 0. The maximum absolute atomic E-state index is 3.69. The first-order chi connectivity index (χ1) is 9.69. The zero-order valence-electron chi connectivity index (χ0n) is 13.5. The fourth-order valence-corrected chi connectivity index (χ4v) is 3.28. The van der Waals surface area contributed by atoms with E-state index in [9.17, 15) is 0 Å². The second kappa shape index (κ2) is 7.83. The highest BCUT2D eigenvalue weighted by Gasteiger charge is 2.17. The first-order valence-corrected chi connectivity index (χ1v) is 8.51. The van der Waals surface area contributed by atoms with E-state index >= 15 is 0 Å². The highest BCUT2D eigenvalue weighted by molar-refractivity contribution is 5.24. The third kappa shape index (κ3) is 4.63. The molecule has 0 amide bonds. The van der Waals surface area contributed by atoms with Gasteiger partial charge in [0.15, 0.2) is 0 Å². The highest BCUT2D eigenvalue weighted by Crippen LogP contribution is 2.30. The Morgan fingerprint density at radius 3 is 2.35 bits per heavy atom. The largest absolute Gasteiger partial charge is 0.310 e. The molecule has 0 aromatic heterocycles. The Kier molecular flexibility index (Phi) is 6.09. The number of nitrogens with one attached hydrogen (secondary N) is 1. The van der Waals surface area contributed by atoms with Gasteiger partial charge in [-0.2, -0.15) is 0 Å². The summed E-state index contributed by atoms with van der Waals surface area (Å²) >= 11 is 0. The summed E-state index contributed by atoms with van der Waals surface area (Å²) in [5.74, 6) is 1.93. The monoisotopic (exact) mass is 273 g/mol. The molecule has 2 rings (SSSR count). The van der Waals surface area contributed by atoms with Crippen LogP contribution in [0.2, 0.25) is 0 Å². The minimum absolute atomic E-state index is 0.475. The molecule has 1 N–H and O–H groups in total. The molecule has 1 fully saturated rings. The number of hydrogen-bond acceptors (Lipinski definition) is 1. The van der Waals surface area contributed by atoms with Crippen LogP contribution < -0.4 is 5.32 Å². The van der Waals surface area contributed by atoms with E-state index in [4.69, 9.17) is 0 Å². The van der Waals surface area contributed by atoms with Gasteiger partial charge in [0, 0.05) is 6.04 Å². The summed E-state index contributed by atoms with van der Waals surface area (Å²) in [6.45, 7) is 8.05. The molecule has 1 nitrogen and oxygen atoms in total. The van der Waals surface area contributed by atoms with Crippen LogP contribution in [0.3, 0.4) is 0 Å². The van der Waals surface area contributed by atoms with E-state index in [-0.39, 0.29) is 0 Å². The quantitative estimate of drug-likeness (QED) is 0.759. The van der Waals surface area contributed by atoms with Gasteiger partial charge in [0.1, 0.15) is 0 Å². The van der Waals surface area contributed by atoms with Crippen LogP contribution in [0.25, 0.3) is 0 Å². The Hall–Kier alpha value is -0.820. The van der Waals surface area contributed by atoms with E-state index in [0.717, 1.165) is 24.8 Å². The molecule has 0 spiro atoms. The Balaban J connectivity index is 1.70. The normalized spacial score (nSPS) is 24.6. The van der Waals surface area contributed by atoms with E-state index in [1.807, 2.05) is 0 Å². The molecule has 0 heterocycles. The van der Waals surface area contributed by atoms with Crippen molar-refractivity contribution in [3.05, 3.63) is 35.4 Å². The molecule has 1 aromatic rings. The van der Waals surface area contributed by atoms with Crippen molar-refractivity contribution >= 4 is 0 Å². The standard InChI is InChI=1S/C19H31N/c1-4-17-9-11-19(12-10-17)16(3)20-14-13-18-7-5-15(2)6-8-18/h9-12,15-16,18,20H,4-8,13-14H2,1-3H3. The Labute approximate surface area is 125 Å². The minimum Gasteiger partial charge on any atom is -0.310 e. The summed E-state index contributed by atoms with van der Waals surface area (Å²) in [6, 6.07) is 9.55. The highest BCUT2D eigenvalue weighted by atomic mass is 14.9. The van der Waals surface area contributed by atoms with Crippen LogP contribution >= 0.6 is 0 Å². The van der Waals surface area contributed by atoms with Crippen molar-refractivity contribution in [3.8, 4) is 0 Å². The topological polar surface area (TPSA) is 12.0 Å². The van der Waals surface area contributed by atoms with E-state index in [0.29, 0.717) is 6.04 Å². The lowest BCUT2D eigenvalue weighted by molar-refractivity contribution is 0.273. The van der Waals surface area contributed by atoms with E-state index in [2.05, 4.69) is 50.4 Å². The van der Waals surface area contributed by atoms with Crippen LogP contribution in [0.1, 0.15) is 70.0 Å². The Bertz CT molecular complexity index is 373. The molecule has 1 aliphatic carbocycles. The predicted octanol–water partition coefficient (Wildman–Crippen LogP) is 5.12. The summed E-state index contributed by atoms with van der Waals surface area (Å²) in [4.78, 5) is 0. The third-order valence-electron chi connectivity index (χ3n) is 5.03. The van der Waals surface area contributed by atoms with Crippen molar-refractivity contribution in [1.29, 1.82) is 0 Å². The molecule has 0 radical (unpaired) electrons. The number of benzene rings is 1. The lowest BCUT2D eigenvalue weighted by Crippen LogP contribution is -2.23. The van der Waals surface area contributed by atoms with Crippen LogP contribution in [0.5, 0.6) is 0 Å². The average molecular weight is 273 g/mol. The van der Waals surface area contributed by atoms with Crippen LogP contribution in [-0.2, 0) is 6.42 Å². The van der Waals surface area contributed by atoms with E-state index in [1.165, 1.54) is 43.2 Å². The van der Waals surface area contributed by atoms with Crippen molar-refractivity contribution in [3.63, 3.8) is 0 Å². The molecule has 1 aliphatic rings. The molecule has 1 atom stereocenters. The van der Waals surface area contributed by atoms with Gasteiger partial charge in [-0.15, -0.1) is 0 Å². The molecule has 0 aliphatic heterocycles. The third-order valence-corrected chi connectivity index (χ3v) is 5.03. The van der Waals surface area contributed by atoms with Gasteiger partial charge in [-0.1, -0.05) is 63.8 Å². The first kappa shape index (κ1) is 15.6. The van der Waals surface area contributed by atoms with Crippen molar-refractivity contribution < 1.29 is 0 Å². The van der Waals surface area contributed by atoms with E-state index < -0.39 is 0 Å². The summed E-state index contributed by atoms with van der Waals surface area (Å²) in [5, 5.41) is 3.69.